The average Bonchev–Trinajstić information content (AvgIpc) is 3.49. The molecule has 5 fully saturated rings. The van der Waals surface area contributed by atoms with E-state index < -0.39 is 9.84 Å². The molecule has 190 valence electrons. The first kappa shape index (κ1) is 24.4. The summed E-state index contributed by atoms with van der Waals surface area (Å²) in [5, 5.41) is 6.22. The predicted molar refractivity (Wildman–Crippen MR) is 125 cm³/mol. The fourth-order valence-electron chi connectivity index (χ4n) is 7.01. The Bertz CT molecular complexity index is 733. The van der Waals surface area contributed by atoms with Crippen LogP contribution in [0.3, 0.4) is 0 Å². The lowest BCUT2D eigenvalue weighted by Gasteiger charge is -2.37. The molecule has 4 aliphatic heterocycles. The van der Waals surface area contributed by atoms with Crippen LogP contribution in [-0.4, -0.2) is 95.4 Å². The van der Waals surface area contributed by atoms with Crippen molar-refractivity contribution in [2.45, 2.75) is 81.2 Å². The van der Waals surface area contributed by atoms with Gasteiger partial charge in [0.05, 0.1) is 44.3 Å². The van der Waals surface area contributed by atoms with Crippen LogP contribution in [0.2, 0.25) is 0 Å². The van der Waals surface area contributed by atoms with Crippen molar-refractivity contribution < 1.29 is 28.2 Å². The summed E-state index contributed by atoms with van der Waals surface area (Å²) in [6, 6.07) is 0.490. The van der Waals surface area contributed by atoms with Crippen LogP contribution < -0.4 is 21.0 Å². The summed E-state index contributed by atoms with van der Waals surface area (Å²) in [4.78, 5) is 10.4. The number of nitrogens with two attached hydrogens (primary N) is 1. The molecular weight excluding hydrogens is 442 g/mol. The third-order valence-corrected chi connectivity index (χ3v) is 10.7. The number of hydrogen-bond donors (Lipinski definition) is 4. The highest BCUT2D eigenvalue weighted by molar-refractivity contribution is 7.91. The molecule has 5 N–H and O–H groups in total. The zero-order valence-corrected chi connectivity index (χ0v) is 21.0. The number of nitrogens with one attached hydrogen (secondary N) is 3. The van der Waals surface area contributed by atoms with Gasteiger partial charge < -0.3 is 15.0 Å². The maximum Gasteiger partial charge on any atom is 0.183 e. The van der Waals surface area contributed by atoms with Gasteiger partial charge >= 0.3 is 0 Å². The molecule has 5 rings (SSSR count). The average molecular weight is 488 g/mol. The molecular formula is C23H45N5O4S+2. The van der Waals surface area contributed by atoms with Crippen molar-refractivity contribution >= 4 is 9.84 Å². The number of hydrogen-bond acceptors (Lipinski definition) is 7. The summed E-state index contributed by atoms with van der Waals surface area (Å²) in [5.41, 5.74) is 3.35. The lowest BCUT2D eigenvalue weighted by Crippen LogP contribution is -3.15. The molecule has 1 aliphatic carbocycles. The summed E-state index contributed by atoms with van der Waals surface area (Å²) >= 11 is 0. The van der Waals surface area contributed by atoms with Gasteiger partial charge in [-0.2, -0.15) is 5.48 Å². The molecule has 6 atom stereocenters. The Hall–Kier alpha value is -0.330. The van der Waals surface area contributed by atoms with Gasteiger partial charge in [-0.25, -0.2) is 13.3 Å². The van der Waals surface area contributed by atoms with Gasteiger partial charge in [-0.3, -0.25) is 10.2 Å². The number of quaternary nitrogens is 2. The number of rotatable bonds is 6. The Morgan fingerprint density at radius 3 is 2.55 bits per heavy atom. The fraction of sp³-hybridized carbons (Fsp3) is 1.00. The van der Waals surface area contributed by atoms with E-state index in [2.05, 4.69) is 21.0 Å². The number of hydroxylamine groups is 1. The van der Waals surface area contributed by atoms with Crippen LogP contribution in [0.5, 0.6) is 0 Å². The number of ether oxygens (including phenoxy) is 1. The number of piperidine rings is 1. The van der Waals surface area contributed by atoms with Gasteiger partial charge in [0.15, 0.2) is 6.23 Å². The zero-order chi connectivity index (χ0) is 22.8. The van der Waals surface area contributed by atoms with E-state index in [1.54, 1.807) is 4.90 Å². The van der Waals surface area contributed by atoms with Gasteiger partial charge in [-0.1, -0.05) is 0 Å². The van der Waals surface area contributed by atoms with Crippen LogP contribution in [0.15, 0.2) is 0 Å². The SMILES string of the molecule is CS(=O)(=O)C1CCC(C[NH+]2CCC[C@H]2C2NC(C3CCC(N4CCOCC4)[NH2+]C3)NO2)CC1. The number of morpholine rings is 1. The van der Waals surface area contributed by atoms with Crippen molar-refractivity contribution in [2.75, 3.05) is 52.2 Å². The molecule has 1 saturated carbocycles. The highest BCUT2D eigenvalue weighted by atomic mass is 32.2. The maximum absolute atomic E-state index is 11.9. The summed E-state index contributed by atoms with van der Waals surface area (Å²) in [6.45, 7) is 7.36. The molecule has 0 spiro atoms. The summed E-state index contributed by atoms with van der Waals surface area (Å²) < 4.78 is 29.3. The number of likely N-dealkylation sites (tertiary alicyclic amines) is 1. The van der Waals surface area contributed by atoms with E-state index in [0.29, 0.717) is 24.0 Å². The first-order valence-electron chi connectivity index (χ1n) is 13.3. The first-order chi connectivity index (χ1) is 16.0. The maximum atomic E-state index is 11.9. The van der Waals surface area contributed by atoms with Crippen LogP contribution in [0.1, 0.15) is 51.4 Å². The molecule has 0 aromatic carbocycles. The van der Waals surface area contributed by atoms with Crippen molar-refractivity contribution in [2.24, 2.45) is 11.8 Å². The smallest absolute Gasteiger partial charge is 0.183 e. The first-order valence-corrected chi connectivity index (χ1v) is 15.3. The predicted octanol–water partition coefficient (Wildman–Crippen LogP) is -1.95. The minimum Gasteiger partial charge on any atom is -0.379 e. The molecule has 9 nitrogen and oxygen atoms in total. The molecule has 10 heteroatoms. The van der Waals surface area contributed by atoms with Crippen molar-refractivity contribution in [1.82, 2.24) is 15.7 Å². The van der Waals surface area contributed by atoms with Crippen LogP contribution in [0.4, 0.5) is 0 Å². The second kappa shape index (κ2) is 10.7. The Morgan fingerprint density at radius 2 is 1.85 bits per heavy atom. The van der Waals surface area contributed by atoms with E-state index in [1.807, 2.05) is 0 Å². The Morgan fingerprint density at radius 1 is 1.06 bits per heavy atom. The van der Waals surface area contributed by atoms with Gasteiger partial charge in [-0.15, -0.1) is 0 Å². The van der Waals surface area contributed by atoms with E-state index in [9.17, 15) is 8.42 Å². The van der Waals surface area contributed by atoms with Gasteiger partial charge in [0.1, 0.15) is 22.0 Å². The summed E-state index contributed by atoms with van der Waals surface area (Å²) in [6.07, 6.45) is 11.0. The van der Waals surface area contributed by atoms with Crippen molar-refractivity contribution in [3.05, 3.63) is 0 Å². The zero-order valence-electron chi connectivity index (χ0n) is 20.2. The van der Waals surface area contributed by atoms with Crippen molar-refractivity contribution in [3.63, 3.8) is 0 Å². The summed E-state index contributed by atoms with van der Waals surface area (Å²) in [5.74, 6) is 1.23. The third kappa shape index (κ3) is 5.91. The normalized spacial score (nSPS) is 43.7. The van der Waals surface area contributed by atoms with E-state index >= 15 is 0 Å². The molecule has 4 heterocycles. The second-order valence-electron chi connectivity index (χ2n) is 11.2. The Balaban J connectivity index is 1.07. The lowest BCUT2D eigenvalue weighted by atomic mass is 9.88. The molecule has 0 radical (unpaired) electrons. The molecule has 4 saturated heterocycles. The van der Waals surface area contributed by atoms with Gasteiger partial charge in [-0.05, 0) is 32.1 Å². The second-order valence-corrected chi connectivity index (χ2v) is 13.5. The quantitative estimate of drug-likeness (QED) is 0.345. The lowest BCUT2D eigenvalue weighted by molar-refractivity contribution is -0.919. The van der Waals surface area contributed by atoms with Gasteiger partial charge in [0.25, 0.3) is 0 Å². The molecule has 0 aromatic heterocycles. The molecule has 0 bridgehead atoms. The largest absolute Gasteiger partial charge is 0.379 e. The Kier molecular flexibility index (Phi) is 7.93. The monoisotopic (exact) mass is 487 g/mol. The summed E-state index contributed by atoms with van der Waals surface area (Å²) in [7, 11) is -2.88. The standard InChI is InChI=1S/C23H43N5O4S/c1-33(29,30)19-7-4-17(5-8-19)16-28-10-2-3-20(28)23-25-22(26-32-23)18-6-9-21(24-15-18)27-11-13-31-14-12-27/h17-26H,2-16H2,1H3/p+2/t17?,18?,19?,20-,21?,22?,23?/m0/s1. The minimum absolute atomic E-state index is 0.0804. The number of sulfone groups is 1. The van der Waals surface area contributed by atoms with Crippen molar-refractivity contribution in [1.29, 1.82) is 0 Å². The molecule has 0 aromatic rings. The van der Waals surface area contributed by atoms with E-state index in [4.69, 9.17) is 9.57 Å². The number of nitrogens with zero attached hydrogens (tertiary/aromatic N) is 1. The molecule has 0 amide bonds. The molecule has 33 heavy (non-hydrogen) atoms. The van der Waals surface area contributed by atoms with Crippen LogP contribution in [0.25, 0.3) is 0 Å². The van der Waals surface area contributed by atoms with E-state index in [0.717, 1.165) is 65.1 Å². The highest BCUT2D eigenvalue weighted by Gasteiger charge is 2.45. The van der Waals surface area contributed by atoms with Crippen molar-refractivity contribution in [3.8, 4) is 0 Å². The van der Waals surface area contributed by atoms with Gasteiger partial charge in [0.2, 0.25) is 0 Å². The minimum atomic E-state index is -2.88. The van der Waals surface area contributed by atoms with Crippen LogP contribution >= 0.6 is 0 Å². The van der Waals surface area contributed by atoms with Crippen LogP contribution in [-0.2, 0) is 19.4 Å². The fourth-order valence-corrected chi connectivity index (χ4v) is 8.14. The van der Waals surface area contributed by atoms with E-state index in [1.165, 1.54) is 38.5 Å². The van der Waals surface area contributed by atoms with Gasteiger partial charge in [0, 0.05) is 50.4 Å². The molecule has 5 unspecified atom stereocenters. The van der Waals surface area contributed by atoms with Crippen LogP contribution in [0, 0.1) is 11.8 Å². The van der Waals surface area contributed by atoms with E-state index in [-0.39, 0.29) is 17.6 Å². The topological polar surface area (TPSA) is 101 Å². The third-order valence-electron chi connectivity index (χ3n) is 9.05. The Labute approximate surface area is 199 Å². The highest BCUT2D eigenvalue weighted by Crippen LogP contribution is 2.28. The molecule has 5 aliphatic rings.